The lowest BCUT2D eigenvalue weighted by atomic mass is 9.90. The molecule has 0 atom stereocenters. The molecule has 4 heteroatoms. The minimum absolute atomic E-state index is 0.191. The van der Waals surface area contributed by atoms with Crippen LogP contribution in [0.15, 0.2) is 36.4 Å². The van der Waals surface area contributed by atoms with Crippen molar-refractivity contribution in [2.75, 3.05) is 0 Å². The van der Waals surface area contributed by atoms with E-state index in [1.807, 2.05) is 24.3 Å². The number of allylic oxidation sites excluding steroid dienone is 2. The molecule has 172 valence electrons. The summed E-state index contributed by atoms with van der Waals surface area (Å²) in [7, 11) is 0. The van der Waals surface area contributed by atoms with Crippen LogP contribution in [0.25, 0.3) is 10.8 Å². The second kappa shape index (κ2) is 12.4. The number of esters is 2. The van der Waals surface area contributed by atoms with Gasteiger partial charge < -0.3 is 9.47 Å². The number of ether oxygens (including phenoxy) is 2. The summed E-state index contributed by atoms with van der Waals surface area (Å²) in [6, 6.07) is 7.77. The maximum absolute atomic E-state index is 12.6. The molecular formula is C28H36O4. The van der Waals surface area contributed by atoms with E-state index in [0.717, 1.165) is 73.3 Å². The first kappa shape index (κ1) is 24.0. The topological polar surface area (TPSA) is 52.6 Å². The fourth-order valence-corrected chi connectivity index (χ4v) is 4.27. The van der Waals surface area contributed by atoms with Crippen LogP contribution in [0.1, 0.15) is 89.2 Å². The number of benzene rings is 2. The second-order valence-corrected chi connectivity index (χ2v) is 8.61. The van der Waals surface area contributed by atoms with Gasteiger partial charge in [0, 0.05) is 34.7 Å². The second-order valence-electron chi connectivity index (χ2n) is 8.61. The van der Waals surface area contributed by atoms with Crippen LogP contribution in [0.3, 0.4) is 0 Å². The van der Waals surface area contributed by atoms with Gasteiger partial charge in [0.15, 0.2) is 0 Å². The molecule has 0 aromatic heterocycles. The Labute approximate surface area is 192 Å². The molecule has 0 aliphatic heterocycles. The van der Waals surface area contributed by atoms with Gasteiger partial charge in [-0.25, -0.2) is 0 Å². The fraction of sp³-hybridized carbons (Fsp3) is 0.500. The summed E-state index contributed by atoms with van der Waals surface area (Å²) in [4.78, 5) is 25.2. The Morgan fingerprint density at radius 1 is 0.688 bits per heavy atom. The van der Waals surface area contributed by atoms with Crippen LogP contribution < -0.4 is 9.47 Å². The fourth-order valence-electron chi connectivity index (χ4n) is 4.27. The zero-order chi connectivity index (χ0) is 22.8. The third kappa shape index (κ3) is 6.21. The van der Waals surface area contributed by atoms with E-state index in [1.165, 1.54) is 0 Å². The van der Waals surface area contributed by atoms with E-state index >= 15 is 0 Å². The minimum atomic E-state index is -0.191. The summed E-state index contributed by atoms with van der Waals surface area (Å²) in [6.07, 6.45) is 14.7. The van der Waals surface area contributed by atoms with Gasteiger partial charge in [-0.15, -0.1) is 0 Å². The van der Waals surface area contributed by atoms with Crippen molar-refractivity contribution in [3.63, 3.8) is 0 Å². The van der Waals surface area contributed by atoms with Gasteiger partial charge in [0.1, 0.15) is 11.5 Å². The zero-order valence-electron chi connectivity index (χ0n) is 19.6. The van der Waals surface area contributed by atoms with E-state index in [4.69, 9.17) is 9.47 Å². The van der Waals surface area contributed by atoms with Crippen molar-refractivity contribution >= 4 is 22.7 Å². The average Bonchev–Trinajstić information content (AvgIpc) is 2.81. The quantitative estimate of drug-likeness (QED) is 0.152. The maximum atomic E-state index is 12.6. The monoisotopic (exact) mass is 436 g/mol. The lowest BCUT2D eigenvalue weighted by Gasteiger charge is -2.22. The molecule has 0 spiro atoms. The number of unbranched alkanes of at least 4 members (excludes halogenated alkanes) is 6. The molecule has 1 aliphatic rings. The third-order valence-corrected chi connectivity index (χ3v) is 6.04. The SMILES string of the molecule is CCCCCCC(=O)Oc1c2c(c(OC(=O)CCCCCC)c3ccccc13)CC=CC2. The van der Waals surface area contributed by atoms with E-state index in [0.29, 0.717) is 37.2 Å². The van der Waals surface area contributed by atoms with E-state index < -0.39 is 0 Å². The number of hydrogen-bond donors (Lipinski definition) is 0. The highest BCUT2D eigenvalue weighted by molar-refractivity contribution is 5.99. The van der Waals surface area contributed by atoms with Crippen LogP contribution in [0.4, 0.5) is 0 Å². The smallest absolute Gasteiger partial charge is 0.311 e. The number of carbonyl (C=O) groups excluding carboxylic acids is 2. The minimum Gasteiger partial charge on any atom is -0.426 e. The summed E-state index contributed by atoms with van der Waals surface area (Å²) < 4.78 is 11.9. The number of hydrogen-bond acceptors (Lipinski definition) is 4. The van der Waals surface area contributed by atoms with Gasteiger partial charge in [-0.2, -0.15) is 0 Å². The van der Waals surface area contributed by atoms with E-state index in [-0.39, 0.29) is 11.9 Å². The molecule has 0 amide bonds. The molecule has 2 aromatic carbocycles. The van der Waals surface area contributed by atoms with Gasteiger partial charge in [-0.3, -0.25) is 9.59 Å². The van der Waals surface area contributed by atoms with E-state index in [2.05, 4.69) is 26.0 Å². The lowest BCUT2D eigenvalue weighted by Crippen LogP contribution is -2.15. The van der Waals surface area contributed by atoms with Gasteiger partial charge in [0.05, 0.1) is 0 Å². The standard InChI is InChI=1S/C28H36O4/c1-3-5-7-9-19-25(29)31-27-21-15-11-13-17-23(21)28(24-18-14-12-16-22(24)27)32-26(30)20-10-8-6-4-2/h11-15,17H,3-10,16,18-20H2,1-2H3. The van der Waals surface area contributed by atoms with Crippen molar-refractivity contribution in [3.05, 3.63) is 47.5 Å². The van der Waals surface area contributed by atoms with E-state index in [1.54, 1.807) is 0 Å². The highest BCUT2D eigenvalue weighted by atomic mass is 16.5. The molecule has 0 bridgehead atoms. The van der Waals surface area contributed by atoms with Crippen molar-refractivity contribution in [1.82, 2.24) is 0 Å². The first-order chi connectivity index (χ1) is 15.7. The summed E-state index contributed by atoms with van der Waals surface area (Å²) in [5.41, 5.74) is 1.92. The van der Waals surface area contributed by atoms with Crippen molar-refractivity contribution in [2.24, 2.45) is 0 Å². The summed E-state index contributed by atoms with van der Waals surface area (Å²) in [5.74, 6) is 0.874. The molecule has 0 heterocycles. The molecule has 0 unspecified atom stereocenters. The van der Waals surface area contributed by atoms with Gasteiger partial charge in [0.25, 0.3) is 0 Å². The maximum Gasteiger partial charge on any atom is 0.311 e. The Kier molecular flexibility index (Phi) is 9.33. The molecule has 1 aliphatic carbocycles. The molecule has 0 saturated heterocycles. The van der Waals surface area contributed by atoms with Crippen molar-refractivity contribution < 1.29 is 19.1 Å². The molecule has 0 saturated carbocycles. The Hall–Kier alpha value is -2.62. The number of fused-ring (bicyclic) bond motifs is 2. The summed E-state index contributed by atoms with van der Waals surface area (Å²) in [6.45, 7) is 4.31. The average molecular weight is 437 g/mol. The Balaban J connectivity index is 1.88. The van der Waals surface area contributed by atoms with Crippen LogP contribution >= 0.6 is 0 Å². The normalized spacial score (nSPS) is 12.6. The molecule has 0 N–H and O–H groups in total. The first-order valence-electron chi connectivity index (χ1n) is 12.3. The van der Waals surface area contributed by atoms with Crippen molar-refractivity contribution in [1.29, 1.82) is 0 Å². The van der Waals surface area contributed by atoms with Crippen LogP contribution in [-0.2, 0) is 22.4 Å². The van der Waals surface area contributed by atoms with E-state index in [9.17, 15) is 9.59 Å². The van der Waals surface area contributed by atoms with Crippen LogP contribution in [0.2, 0.25) is 0 Å². The van der Waals surface area contributed by atoms with Crippen LogP contribution in [0.5, 0.6) is 11.5 Å². The van der Waals surface area contributed by atoms with Crippen LogP contribution in [0, 0.1) is 0 Å². The highest BCUT2D eigenvalue weighted by Crippen LogP contribution is 2.43. The summed E-state index contributed by atoms with van der Waals surface area (Å²) in [5, 5.41) is 1.66. The molecule has 4 nitrogen and oxygen atoms in total. The van der Waals surface area contributed by atoms with Gasteiger partial charge in [-0.05, 0) is 25.7 Å². The van der Waals surface area contributed by atoms with Gasteiger partial charge >= 0.3 is 11.9 Å². The number of carbonyl (C=O) groups is 2. The first-order valence-corrected chi connectivity index (χ1v) is 12.3. The molecular weight excluding hydrogens is 400 g/mol. The van der Waals surface area contributed by atoms with Crippen molar-refractivity contribution in [3.8, 4) is 11.5 Å². The summed E-state index contributed by atoms with van der Waals surface area (Å²) >= 11 is 0. The van der Waals surface area contributed by atoms with Gasteiger partial charge in [0.2, 0.25) is 0 Å². The third-order valence-electron chi connectivity index (χ3n) is 6.04. The highest BCUT2D eigenvalue weighted by Gasteiger charge is 2.24. The van der Waals surface area contributed by atoms with Crippen molar-refractivity contribution in [2.45, 2.75) is 90.9 Å². The van der Waals surface area contributed by atoms with Crippen LogP contribution in [-0.4, -0.2) is 11.9 Å². The Morgan fingerprint density at radius 2 is 1.12 bits per heavy atom. The largest absolute Gasteiger partial charge is 0.426 e. The molecule has 0 fully saturated rings. The Bertz CT molecular complexity index is 881. The zero-order valence-corrected chi connectivity index (χ0v) is 19.6. The Morgan fingerprint density at radius 3 is 1.53 bits per heavy atom. The molecule has 3 rings (SSSR count). The predicted octanol–water partition coefficient (Wildman–Crippen LogP) is 7.25. The molecule has 32 heavy (non-hydrogen) atoms. The predicted molar refractivity (Wildman–Crippen MR) is 129 cm³/mol. The van der Waals surface area contributed by atoms with Gasteiger partial charge in [-0.1, -0.05) is 88.8 Å². The molecule has 2 aromatic rings. The lowest BCUT2D eigenvalue weighted by molar-refractivity contribution is -0.135. The molecule has 0 radical (unpaired) electrons. The number of rotatable bonds is 12.